The molecule has 22 heavy (non-hydrogen) atoms. The minimum Gasteiger partial charge on any atom is -0.293 e. The van der Waals surface area contributed by atoms with Crippen LogP contribution < -0.4 is 0 Å². The molecule has 0 unspecified atom stereocenters. The smallest absolute Gasteiger partial charge is 0.173 e. The zero-order valence-corrected chi connectivity index (χ0v) is 13.5. The van der Waals surface area contributed by atoms with E-state index in [0.29, 0.717) is 5.75 Å². The summed E-state index contributed by atoms with van der Waals surface area (Å²) < 4.78 is 0. The number of fused-ring (bicyclic) bond motifs is 1. The van der Waals surface area contributed by atoms with Gasteiger partial charge in [-0.05, 0) is 31.5 Å². The van der Waals surface area contributed by atoms with E-state index in [4.69, 9.17) is 0 Å². The summed E-state index contributed by atoms with van der Waals surface area (Å²) in [6.07, 6.45) is 0. The second-order valence-corrected chi connectivity index (χ2v) is 6.35. The highest BCUT2D eigenvalue weighted by atomic mass is 32.2. The van der Waals surface area contributed by atoms with Crippen LogP contribution in [0.15, 0.2) is 59.6 Å². The molecule has 0 amide bonds. The second kappa shape index (κ2) is 6.32. The fraction of sp³-hybridized carbons (Fsp3) is 0.158. The van der Waals surface area contributed by atoms with Crippen LogP contribution in [0, 0.1) is 13.8 Å². The minimum absolute atomic E-state index is 0.138. The third kappa shape index (κ3) is 3.20. The molecule has 110 valence electrons. The van der Waals surface area contributed by atoms with E-state index in [1.54, 1.807) is 0 Å². The molecular formula is C19H17NOS. The predicted molar refractivity (Wildman–Crippen MR) is 92.7 cm³/mol. The van der Waals surface area contributed by atoms with E-state index < -0.39 is 0 Å². The number of ketones is 1. The molecule has 0 aliphatic rings. The summed E-state index contributed by atoms with van der Waals surface area (Å²) in [4.78, 5) is 16.9. The highest BCUT2D eigenvalue weighted by Gasteiger charge is 2.09. The number of carbonyl (C=O) groups is 1. The Morgan fingerprint density at radius 1 is 1.05 bits per heavy atom. The number of carbonyl (C=O) groups excluding carboxylic acids is 1. The summed E-state index contributed by atoms with van der Waals surface area (Å²) in [7, 11) is 0. The number of hydrogen-bond acceptors (Lipinski definition) is 3. The van der Waals surface area contributed by atoms with Crippen LogP contribution >= 0.6 is 11.8 Å². The fourth-order valence-corrected chi connectivity index (χ4v) is 3.19. The molecule has 0 fully saturated rings. The molecule has 2 aromatic carbocycles. The quantitative estimate of drug-likeness (QED) is 0.511. The van der Waals surface area contributed by atoms with Crippen LogP contribution in [0.1, 0.15) is 21.5 Å². The van der Waals surface area contributed by atoms with E-state index in [1.165, 1.54) is 11.8 Å². The van der Waals surface area contributed by atoms with Crippen molar-refractivity contribution in [3.63, 3.8) is 0 Å². The van der Waals surface area contributed by atoms with Crippen LogP contribution in [-0.2, 0) is 0 Å². The molecule has 2 nitrogen and oxygen atoms in total. The number of hydrogen-bond donors (Lipinski definition) is 0. The Morgan fingerprint density at radius 3 is 2.55 bits per heavy atom. The Morgan fingerprint density at radius 2 is 1.77 bits per heavy atom. The van der Waals surface area contributed by atoms with Crippen molar-refractivity contribution in [3.8, 4) is 0 Å². The van der Waals surface area contributed by atoms with E-state index in [-0.39, 0.29) is 5.78 Å². The maximum atomic E-state index is 12.3. The van der Waals surface area contributed by atoms with Gasteiger partial charge in [-0.3, -0.25) is 4.79 Å². The van der Waals surface area contributed by atoms with Crippen LogP contribution in [0.3, 0.4) is 0 Å². The Balaban J connectivity index is 1.77. The van der Waals surface area contributed by atoms with Gasteiger partial charge in [0.15, 0.2) is 5.78 Å². The lowest BCUT2D eigenvalue weighted by atomic mass is 10.1. The van der Waals surface area contributed by atoms with Gasteiger partial charge in [-0.2, -0.15) is 0 Å². The highest BCUT2D eigenvalue weighted by Crippen LogP contribution is 2.25. The summed E-state index contributed by atoms with van der Waals surface area (Å²) in [6, 6.07) is 17.9. The number of rotatable bonds is 4. The molecule has 0 aliphatic heterocycles. The average molecular weight is 307 g/mol. The number of aryl methyl sites for hydroxylation is 2. The number of benzene rings is 2. The molecule has 0 saturated heterocycles. The first-order valence-corrected chi connectivity index (χ1v) is 8.21. The van der Waals surface area contributed by atoms with Gasteiger partial charge in [0.2, 0.25) is 0 Å². The number of nitrogens with zero attached hydrogens (tertiary/aromatic N) is 1. The normalized spacial score (nSPS) is 10.8. The van der Waals surface area contributed by atoms with Crippen LogP contribution in [0.5, 0.6) is 0 Å². The lowest BCUT2D eigenvalue weighted by Gasteiger charge is -2.07. The van der Waals surface area contributed by atoms with Crippen molar-refractivity contribution in [2.75, 3.05) is 5.75 Å². The van der Waals surface area contributed by atoms with Crippen molar-refractivity contribution in [1.29, 1.82) is 0 Å². The zero-order valence-electron chi connectivity index (χ0n) is 12.7. The van der Waals surface area contributed by atoms with Crippen LogP contribution in [-0.4, -0.2) is 16.5 Å². The largest absolute Gasteiger partial charge is 0.293 e. The zero-order chi connectivity index (χ0) is 15.5. The van der Waals surface area contributed by atoms with E-state index >= 15 is 0 Å². The Kier molecular flexibility index (Phi) is 4.25. The number of thioether (sulfide) groups is 1. The summed E-state index contributed by atoms with van der Waals surface area (Å²) >= 11 is 1.51. The van der Waals surface area contributed by atoms with Gasteiger partial charge in [0.05, 0.1) is 11.3 Å². The number of Topliss-reactive ketones (excluding diaryl/α,β-unsaturated/α-hetero) is 1. The van der Waals surface area contributed by atoms with E-state index in [1.807, 2.05) is 56.3 Å². The molecule has 3 aromatic rings. The van der Waals surface area contributed by atoms with E-state index in [9.17, 15) is 4.79 Å². The Hall–Kier alpha value is -2.13. The predicted octanol–water partition coefficient (Wildman–Crippen LogP) is 4.83. The molecule has 3 heteroatoms. The maximum Gasteiger partial charge on any atom is 0.173 e. The first kappa shape index (κ1) is 14.8. The molecule has 0 atom stereocenters. The Bertz CT molecular complexity index is 824. The van der Waals surface area contributed by atoms with E-state index in [0.717, 1.165) is 32.6 Å². The van der Waals surface area contributed by atoms with Gasteiger partial charge in [-0.15, -0.1) is 0 Å². The summed E-state index contributed by atoms with van der Waals surface area (Å²) in [5, 5.41) is 2.06. The lowest BCUT2D eigenvalue weighted by Crippen LogP contribution is -2.03. The third-order valence-corrected chi connectivity index (χ3v) is 4.67. The summed E-state index contributed by atoms with van der Waals surface area (Å²) in [6.45, 7) is 4.06. The SMILES string of the molecule is Cc1ccc(C(=O)CSc2nc3ccccc3cc2C)cc1. The lowest BCUT2D eigenvalue weighted by molar-refractivity contribution is 0.102. The maximum absolute atomic E-state index is 12.3. The molecule has 0 bridgehead atoms. The first-order chi connectivity index (χ1) is 10.6. The van der Waals surface area contributed by atoms with Gasteiger partial charge in [0.1, 0.15) is 5.03 Å². The minimum atomic E-state index is 0.138. The van der Waals surface area contributed by atoms with Gasteiger partial charge in [-0.25, -0.2) is 4.98 Å². The summed E-state index contributed by atoms with van der Waals surface area (Å²) in [5.74, 6) is 0.550. The van der Waals surface area contributed by atoms with Crippen molar-refractivity contribution in [3.05, 3.63) is 71.3 Å². The number of pyridine rings is 1. The molecule has 0 spiro atoms. The van der Waals surface area contributed by atoms with Crippen LogP contribution in [0.4, 0.5) is 0 Å². The molecule has 0 aliphatic carbocycles. The third-order valence-electron chi connectivity index (χ3n) is 3.58. The number of aromatic nitrogens is 1. The van der Waals surface area contributed by atoms with Crippen molar-refractivity contribution < 1.29 is 4.79 Å². The summed E-state index contributed by atoms with van der Waals surface area (Å²) in [5.41, 5.74) is 4.01. The van der Waals surface area contributed by atoms with Gasteiger partial charge < -0.3 is 0 Å². The molecule has 1 aromatic heterocycles. The van der Waals surface area contributed by atoms with Crippen LogP contribution in [0.25, 0.3) is 10.9 Å². The molecular weight excluding hydrogens is 290 g/mol. The molecule has 1 heterocycles. The molecule has 0 radical (unpaired) electrons. The Labute approximate surface area is 134 Å². The van der Waals surface area contributed by atoms with Crippen molar-refractivity contribution >= 4 is 28.4 Å². The molecule has 3 rings (SSSR count). The van der Waals surface area contributed by atoms with Gasteiger partial charge in [0, 0.05) is 10.9 Å². The molecule has 0 N–H and O–H groups in total. The monoisotopic (exact) mass is 307 g/mol. The number of para-hydroxylation sites is 1. The van der Waals surface area contributed by atoms with Gasteiger partial charge in [-0.1, -0.05) is 59.8 Å². The van der Waals surface area contributed by atoms with Crippen molar-refractivity contribution in [1.82, 2.24) is 4.98 Å². The second-order valence-electron chi connectivity index (χ2n) is 5.38. The highest BCUT2D eigenvalue weighted by molar-refractivity contribution is 8.00. The van der Waals surface area contributed by atoms with Gasteiger partial charge in [0.25, 0.3) is 0 Å². The standard InChI is InChI=1S/C19H17NOS/c1-13-7-9-15(10-8-13)18(21)12-22-19-14(2)11-16-5-3-4-6-17(16)20-19/h3-11H,12H2,1-2H3. The topological polar surface area (TPSA) is 30.0 Å². The van der Waals surface area contributed by atoms with E-state index in [2.05, 4.69) is 17.1 Å². The first-order valence-electron chi connectivity index (χ1n) is 7.22. The average Bonchev–Trinajstić information content (AvgIpc) is 2.53. The molecule has 0 saturated carbocycles. The van der Waals surface area contributed by atoms with Crippen LogP contribution in [0.2, 0.25) is 0 Å². The van der Waals surface area contributed by atoms with Gasteiger partial charge >= 0.3 is 0 Å². The fourth-order valence-electron chi connectivity index (χ4n) is 2.31. The van der Waals surface area contributed by atoms with Crippen molar-refractivity contribution in [2.45, 2.75) is 18.9 Å². The van der Waals surface area contributed by atoms with Crippen molar-refractivity contribution in [2.24, 2.45) is 0 Å².